The predicted molar refractivity (Wildman–Crippen MR) is 134 cm³/mol. The first-order chi connectivity index (χ1) is 17.3. The fraction of sp³-hybridized carbons (Fsp3) is 0.308. The SMILES string of the molecule is COc1cccc(COC(CN2CCN(S(=O)(=O)c3c(F)cccc3F)CC2)c2ccc(Cl)cc2)c1. The van der Waals surface area contributed by atoms with E-state index in [2.05, 4.69) is 4.90 Å². The molecule has 6 nitrogen and oxygen atoms in total. The topological polar surface area (TPSA) is 59.1 Å². The Morgan fingerprint density at radius 1 is 0.944 bits per heavy atom. The summed E-state index contributed by atoms with van der Waals surface area (Å²) >= 11 is 6.07. The van der Waals surface area contributed by atoms with Gasteiger partial charge in [0.2, 0.25) is 10.0 Å². The molecule has 1 aliphatic rings. The molecular formula is C26H27ClF2N2O4S. The van der Waals surface area contributed by atoms with Crippen LogP contribution in [0.3, 0.4) is 0 Å². The molecule has 1 atom stereocenters. The van der Waals surface area contributed by atoms with Crippen molar-refractivity contribution >= 4 is 21.6 Å². The zero-order valence-corrected chi connectivity index (χ0v) is 21.3. The minimum absolute atomic E-state index is 0.110. The summed E-state index contributed by atoms with van der Waals surface area (Å²) in [5.74, 6) is -1.44. The highest BCUT2D eigenvalue weighted by Crippen LogP contribution is 2.26. The van der Waals surface area contributed by atoms with Crippen LogP contribution in [0.25, 0.3) is 0 Å². The first kappa shape index (κ1) is 26.5. The molecule has 36 heavy (non-hydrogen) atoms. The zero-order chi connectivity index (χ0) is 25.7. The van der Waals surface area contributed by atoms with E-state index in [-0.39, 0.29) is 19.2 Å². The van der Waals surface area contributed by atoms with Crippen LogP contribution in [0.1, 0.15) is 17.2 Å². The molecule has 3 aromatic carbocycles. The maximum absolute atomic E-state index is 14.1. The summed E-state index contributed by atoms with van der Waals surface area (Å²) in [6, 6.07) is 18.1. The number of hydrogen-bond acceptors (Lipinski definition) is 5. The van der Waals surface area contributed by atoms with E-state index in [1.807, 2.05) is 36.4 Å². The maximum Gasteiger partial charge on any atom is 0.249 e. The van der Waals surface area contributed by atoms with E-state index >= 15 is 0 Å². The van der Waals surface area contributed by atoms with Gasteiger partial charge < -0.3 is 9.47 Å². The smallest absolute Gasteiger partial charge is 0.249 e. The van der Waals surface area contributed by atoms with Crippen molar-refractivity contribution in [2.24, 2.45) is 0 Å². The molecule has 1 saturated heterocycles. The van der Waals surface area contributed by atoms with Crippen molar-refractivity contribution in [1.82, 2.24) is 9.21 Å². The Labute approximate surface area is 215 Å². The minimum atomic E-state index is -4.29. The number of rotatable bonds is 9. The van der Waals surface area contributed by atoms with Crippen molar-refractivity contribution in [3.63, 3.8) is 0 Å². The predicted octanol–water partition coefficient (Wildman–Crippen LogP) is 4.89. The summed E-state index contributed by atoms with van der Waals surface area (Å²) in [6.07, 6.45) is -0.305. The highest BCUT2D eigenvalue weighted by molar-refractivity contribution is 7.89. The number of methoxy groups -OCH3 is 1. The number of sulfonamides is 1. The summed E-state index contributed by atoms with van der Waals surface area (Å²) in [4.78, 5) is 1.17. The third-order valence-electron chi connectivity index (χ3n) is 6.10. The monoisotopic (exact) mass is 536 g/mol. The fourth-order valence-corrected chi connectivity index (χ4v) is 5.79. The Balaban J connectivity index is 1.44. The number of piperazine rings is 1. The first-order valence-corrected chi connectivity index (χ1v) is 13.3. The highest BCUT2D eigenvalue weighted by atomic mass is 35.5. The summed E-state index contributed by atoms with van der Waals surface area (Å²) < 4.78 is 66.8. The highest BCUT2D eigenvalue weighted by Gasteiger charge is 2.33. The van der Waals surface area contributed by atoms with E-state index in [1.54, 1.807) is 19.2 Å². The third-order valence-corrected chi connectivity index (χ3v) is 8.30. The van der Waals surface area contributed by atoms with Gasteiger partial charge in [-0.3, -0.25) is 4.90 Å². The van der Waals surface area contributed by atoms with Crippen molar-refractivity contribution < 1.29 is 26.7 Å². The Hall–Kier alpha value is -2.56. The molecule has 192 valence electrons. The standard InChI is InChI=1S/C26H27ClF2N2O4S/c1-34-22-5-2-4-19(16-22)18-35-25(20-8-10-21(27)11-9-20)17-30-12-14-31(15-13-30)36(32,33)26-23(28)6-3-7-24(26)29/h2-11,16,25H,12-15,17-18H2,1H3. The van der Waals surface area contributed by atoms with Gasteiger partial charge in [0.1, 0.15) is 17.4 Å². The number of hydrogen-bond donors (Lipinski definition) is 0. The van der Waals surface area contributed by atoms with Gasteiger partial charge in [0.25, 0.3) is 0 Å². The maximum atomic E-state index is 14.1. The van der Waals surface area contributed by atoms with E-state index in [0.717, 1.165) is 39.4 Å². The lowest BCUT2D eigenvalue weighted by atomic mass is 10.1. The molecule has 0 aliphatic carbocycles. The van der Waals surface area contributed by atoms with E-state index in [0.29, 0.717) is 31.3 Å². The lowest BCUT2D eigenvalue weighted by Crippen LogP contribution is -2.49. The molecule has 0 saturated carbocycles. The molecule has 1 heterocycles. The number of benzene rings is 3. The lowest BCUT2D eigenvalue weighted by Gasteiger charge is -2.36. The van der Waals surface area contributed by atoms with E-state index in [1.165, 1.54) is 0 Å². The van der Waals surface area contributed by atoms with Crippen LogP contribution in [0, 0.1) is 11.6 Å². The van der Waals surface area contributed by atoms with Crippen LogP contribution in [-0.4, -0.2) is 57.5 Å². The summed E-state index contributed by atoms with van der Waals surface area (Å²) in [5.41, 5.74) is 1.89. The van der Waals surface area contributed by atoms with Crippen LogP contribution in [0.4, 0.5) is 8.78 Å². The molecule has 3 aromatic rings. The molecule has 1 unspecified atom stereocenters. The van der Waals surface area contributed by atoms with Crippen LogP contribution in [-0.2, 0) is 21.4 Å². The molecule has 0 aromatic heterocycles. The van der Waals surface area contributed by atoms with Crippen LogP contribution in [0.15, 0.2) is 71.6 Å². The van der Waals surface area contributed by atoms with E-state index in [4.69, 9.17) is 21.1 Å². The second-order valence-electron chi connectivity index (χ2n) is 8.46. The van der Waals surface area contributed by atoms with Gasteiger partial charge in [-0.2, -0.15) is 4.31 Å². The van der Waals surface area contributed by atoms with Crippen molar-refractivity contribution in [2.75, 3.05) is 39.8 Å². The Kier molecular flexibility index (Phi) is 8.58. The van der Waals surface area contributed by atoms with E-state index in [9.17, 15) is 17.2 Å². The normalized spacial score (nSPS) is 16.1. The van der Waals surface area contributed by atoms with Crippen LogP contribution >= 0.6 is 11.6 Å². The first-order valence-electron chi connectivity index (χ1n) is 11.4. The average Bonchev–Trinajstić information content (AvgIpc) is 2.87. The Morgan fingerprint density at radius 3 is 2.22 bits per heavy atom. The summed E-state index contributed by atoms with van der Waals surface area (Å²) in [7, 11) is -2.68. The van der Waals surface area contributed by atoms with Crippen LogP contribution in [0.2, 0.25) is 5.02 Å². The Bertz CT molecular complexity index is 1260. The summed E-state index contributed by atoms with van der Waals surface area (Å²) in [6.45, 7) is 1.86. The van der Waals surface area contributed by atoms with Crippen molar-refractivity contribution in [1.29, 1.82) is 0 Å². The van der Waals surface area contributed by atoms with Crippen molar-refractivity contribution in [3.05, 3.63) is 94.5 Å². The molecule has 1 aliphatic heterocycles. The lowest BCUT2D eigenvalue weighted by molar-refractivity contribution is 0.00766. The molecule has 0 spiro atoms. The summed E-state index contributed by atoms with van der Waals surface area (Å²) in [5, 5.41) is 0.615. The van der Waals surface area contributed by atoms with Gasteiger partial charge in [0.15, 0.2) is 4.90 Å². The fourth-order valence-electron chi connectivity index (χ4n) is 4.14. The Morgan fingerprint density at radius 2 is 1.58 bits per heavy atom. The molecule has 1 fully saturated rings. The molecule has 0 bridgehead atoms. The molecule has 4 rings (SSSR count). The van der Waals surface area contributed by atoms with Crippen LogP contribution < -0.4 is 4.74 Å². The van der Waals surface area contributed by atoms with Gasteiger partial charge in [0.05, 0.1) is 19.8 Å². The van der Waals surface area contributed by atoms with Gasteiger partial charge in [0, 0.05) is 37.7 Å². The molecule has 0 N–H and O–H groups in total. The van der Waals surface area contributed by atoms with Crippen molar-refractivity contribution in [3.8, 4) is 5.75 Å². The molecule has 0 amide bonds. The number of ether oxygens (including phenoxy) is 2. The number of nitrogens with zero attached hydrogens (tertiary/aromatic N) is 2. The molecular weight excluding hydrogens is 510 g/mol. The second-order valence-corrected chi connectivity index (χ2v) is 10.8. The zero-order valence-electron chi connectivity index (χ0n) is 19.7. The van der Waals surface area contributed by atoms with Gasteiger partial charge in [-0.05, 0) is 47.5 Å². The minimum Gasteiger partial charge on any atom is -0.497 e. The number of halogens is 3. The third kappa shape index (κ3) is 6.22. The van der Waals surface area contributed by atoms with Gasteiger partial charge in [-0.1, -0.05) is 41.9 Å². The van der Waals surface area contributed by atoms with Gasteiger partial charge in [-0.15, -0.1) is 0 Å². The van der Waals surface area contributed by atoms with Crippen molar-refractivity contribution in [2.45, 2.75) is 17.6 Å². The molecule has 10 heteroatoms. The van der Waals surface area contributed by atoms with Gasteiger partial charge >= 0.3 is 0 Å². The molecule has 0 radical (unpaired) electrons. The second kappa shape index (κ2) is 11.7. The van der Waals surface area contributed by atoms with Crippen LogP contribution in [0.5, 0.6) is 5.75 Å². The largest absolute Gasteiger partial charge is 0.497 e. The average molecular weight is 537 g/mol. The van der Waals surface area contributed by atoms with E-state index < -0.39 is 26.6 Å². The quantitative estimate of drug-likeness (QED) is 0.390. The van der Waals surface area contributed by atoms with Gasteiger partial charge in [-0.25, -0.2) is 17.2 Å².